The topological polar surface area (TPSA) is 82.0 Å². The lowest BCUT2D eigenvalue weighted by molar-refractivity contribution is 0.103. The predicted octanol–water partition coefficient (Wildman–Crippen LogP) is 0.624. The van der Waals surface area contributed by atoms with Crippen molar-refractivity contribution in [3.05, 3.63) is 23.8 Å². The number of rotatable bonds is 7. The summed E-state index contributed by atoms with van der Waals surface area (Å²) in [6, 6.07) is 5.25. The second-order valence-electron chi connectivity index (χ2n) is 4.43. The van der Waals surface area contributed by atoms with Gasteiger partial charge in [-0.2, -0.15) is 0 Å². The maximum absolute atomic E-state index is 9.97. The first-order valence-corrected chi connectivity index (χ1v) is 5.96. The van der Waals surface area contributed by atoms with Crippen molar-refractivity contribution in [1.82, 2.24) is 5.32 Å². The minimum atomic E-state index is -0.770. The van der Waals surface area contributed by atoms with Gasteiger partial charge >= 0.3 is 0 Å². The summed E-state index contributed by atoms with van der Waals surface area (Å²) in [5, 5.41) is 31.3. The summed E-state index contributed by atoms with van der Waals surface area (Å²) in [7, 11) is 0. The van der Waals surface area contributed by atoms with Gasteiger partial charge in [0.2, 0.25) is 0 Å². The summed E-state index contributed by atoms with van der Waals surface area (Å²) in [5.74, 6) is 0.525. The average Bonchev–Trinajstić information content (AvgIpc) is 2.39. The number of benzene rings is 1. The summed E-state index contributed by atoms with van der Waals surface area (Å²) in [6.45, 7) is 4.00. The molecule has 5 nitrogen and oxygen atoms in total. The van der Waals surface area contributed by atoms with Crippen LogP contribution in [-0.4, -0.2) is 40.7 Å². The molecular weight excluding hydrogens is 234 g/mol. The Balaban J connectivity index is 2.76. The van der Waals surface area contributed by atoms with Gasteiger partial charge in [0.05, 0.1) is 25.4 Å². The Morgan fingerprint density at radius 3 is 2.50 bits per heavy atom. The Labute approximate surface area is 107 Å². The molecule has 0 aliphatic rings. The summed E-state index contributed by atoms with van der Waals surface area (Å²) < 4.78 is 5.29. The van der Waals surface area contributed by atoms with Crippen LogP contribution in [0.25, 0.3) is 0 Å². The summed E-state index contributed by atoms with van der Waals surface area (Å²) in [4.78, 5) is 0. The quantitative estimate of drug-likeness (QED) is 0.574. The molecule has 1 aromatic carbocycles. The number of phenols is 1. The lowest BCUT2D eigenvalue weighted by Gasteiger charge is -2.26. The van der Waals surface area contributed by atoms with Crippen molar-refractivity contribution in [1.29, 1.82) is 0 Å². The number of aromatic hydroxyl groups is 1. The Bertz CT molecular complexity index is 377. The molecule has 0 bridgehead atoms. The molecule has 0 saturated heterocycles. The van der Waals surface area contributed by atoms with E-state index in [9.17, 15) is 5.11 Å². The van der Waals surface area contributed by atoms with E-state index >= 15 is 0 Å². The highest BCUT2D eigenvalue weighted by Crippen LogP contribution is 2.29. The van der Waals surface area contributed by atoms with Crippen LogP contribution in [0.1, 0.15) is 19.4 Å². The van der Waals surface area contributed by atoms with E-state index in [1.165, 1.54) is 0 Å². The molecular formula is C13H21NO4. The van der Waals surface area contributed by atoms with Gasteiger partial charge in [-0.15, -0.1) is 0 Å². The van der Waals surface area contributed by atoms with Crippen molar-refractivity contribution in [2.45, 2.75) is 25.9 Å². The molecule has 5 heteroatoms. The van der Waals surface area contributed by atoms with E-state index in [2.05, 4.69) is 5.32 Å². The van der Waals surface area contributed by atoms with Crippen LogP contribution >= 0.6 is 0 Å². The van der Waals surface area contributed by atoms with Gasteiger partial charge in [0.1, 0.15) is 0 Å². The third kappa shape index (κ3) is 3.60. The molecule has 0 radical (unpaired) electrons. The van der Waals surface area contributed by atoms with E-state index in [-0.39, 0.29) is 19.0 Å². The molecule has 0 saturated carbocycles. The van der Waals surface area contributed by atoms with Crippen molar-refractivity contribution < 1.29 is 20.1 Å². The van der Waals surface area contributed by atoms with Crippen molar-refractivity contribution in [3.8, 4) is 11.5 Å². The maximum Gasteiger partial charge on any atom is 0.162 e. The van der Waals surface area contributed by atoms with E-state index in [0.29, 0.717) is 24.5 Å². The van der Waals surface area contributed by atoms with Gasteiger partial charge in [-0.3, -0.25) is 0 Å². The zero-order valence-electron chi connectivity index (χ0n) is 10.8. The van der Waals surface area contributed by atoms with Crippen molar-refractivity contribution in [2.75, 3.05) is 19.8 Å². The standard InChI is InChI=1S/C13H21NO4/c1-3-18-11-6-4-5-10(12(11)17)7-14-13(2,8-15)9-16/h4-6,14-17H,3,7-9H2,1-2H3. The Hall–Kier alpha value is -1.30. The number of phenolic OH excluding ortho intramolecular Hbond substituents is 1. The normalized spacial score (nSPS) is 11.6. The van der Waals surface area contributed by atoms with Gasteiger partial charge in [0.25, 0.3) is 0 Å². The zero-order chi connectivity index (χ0) is 13.6. The molecule has 1 aromatic rings. The summed E-state index contributed by atoms with van der Waals surface area (Å²) in [6.07, 6.45) is 0. The second kappa shape index (κ2) is 6.58. The fourth-order valence-electron chi connectivity index (χ4n) is 1.45. The number of hydrogen-bond donors (Lipinski definition) is 4. The second-order valence-corrected chi connectivity index (χ2v) is 4.43. The third-order valence-electron chi connectivity index (χ3n) is 2.79. The lowest BCUT2D eigenvalue weighted by atomic mass is 10.0. The predicted molar refractivity (Wildman–Crippen MR) is 68.7 cm³/mol. The van der Waals surface area contributed by atoms with Gasteiger partial charge in [-0.25, -0.2) is 0 Å². The van der Waals surface area contributed by atoms with E-state index in [4.69, 9.17) is 14.9 Å². The Morgan fingerprint density at radius 2 is 1.94 bits per heavy atom. The van der Waals surface area contributed by atoms with Gasteiger partial charge in [-0.05, 0) is 19.9 Å². The van der Waals surface area contributed by atoms with Crippen LogP contribution in [0.2, 0.25) is 0 Å². The average molecular weight is 255 g/mol. The van der Waals surface area contributed by atoms with Crippen molar-refractivity contribution in [3.63, 3.8) is 0 Å². The smallest absolute Gasteiger partial charge is 0.162 e. The molecule has 0 spiro atoms. The highest BCUT2D eigenvalue weighted by atomic mass is 16.5. The Morgan fingerprint density at radius 1 is 1.28 bits per heavy atom. The SMILES string of the molecule is CCOc1cccc(CNC(C)(CO)CO)c1O. The van der Waals surface area contributed by atoms with Gasteiger partial charge < -0.3 is 25.4 Å². The fourth-order valence-corrected chi connectivity index (χ4v) is 1.45. The van der Waals surface area contributed by atoms with Crippen LogP contribution in [0.5, 0.6) is 11.5 Å². The largest absolute Gasteiger partial charge is 0.504 e. The number of para-hydroxylation sites is 1. The minimum absolute atomic E-state index is 0.0880. The lowest BCUT2D eigenvalue weighted by Crippen LogP contribution is -2.48. The van der Waals surface area contributed by atoms with Crippen LogP contribution in [0.3, 0.4) is 0 Å². The highest BCUT2D eigenvalue weighted by molar-refractivity contribution is 5.45. The first-order valence-electron chi connectivity index (χ1n) is 5.96. The van der Waals surface area contributed by atoms with Crippen LogP contribution in [0, 0.1) is 0 Å². The summed E-state index contributed by atoms with van der Waals surface area (Å²) >= 11 is 0. The molecule has 0 amide bonds. The molecule has 0 fully saturated rings. The minimum Gasteiger partial charge on any atom is -0.504 e. The first-order chi connectivity index (χ1) is 8.56. The van der Waals surface area contributed by atoms with Crippen LogP contribution in [-0.2, 0) is 6.54 Å². The molecule has 0 unspecified atom stereocenters. The monoisotopic (exact) mass is 255 g/mol. The molecule has 0 heterocycles. The van der Waals surface area contributed by atoms with Crippen molar-refractivity contribution in [2.24, 2.45) is 0 Å². The number of nitrogens with one attached hydrogen (secondary N) is 1. The van der Waals surface area contributed by atoms with Gasteiger partial charge in [0, 0.05) is 12.1 Å². The fraction of sp³-hybridized carbons (Fsp3) is 0.538. The molecule has 102 valence electrons. The van der Waals surface area contributed by atoms with E-state index in [1.54, 1.807) is 25.1 Å². The third-order valence-corrected chi connectivity index (χ3v) is 2.79. The van der Waals surface area contributed by atoms with Gasteiger partial charge in [-0.1, -0.05) is 12.1 Å². The summed E-state index contributed by atoms with van der Waals surface area (Å²) in [5.41, 5.74) is -0.109. The van der Waals surface area contributed by atoms with Crippen LogP contribution in [0.4, 0.5) is 0 Å². The number of aliphatic hydroxyl groups excluding tert-OH is 2. The number of ether oxygens (including phenoxy) is 1. The molecule has 18 heavy (non-hydrogen) atoms. The molecule has 0 aliphatic carbocycles. The zero-order valence-corrected chi connectivity index (χ0v) is 10.8. The van der Waals surface area contributed by atoms with E-state index < -0.39 is 5.54 Å². The van der Waals surface area contributed by atoms with E-state index in [0.717, 1.165) is 0 Å². The molecule has 0 aromatic heterocycles. The molecule has 4 N–H and O–H groups in total. The van der Waals surface area contributed by atoms with Crippen LogP contribution < -0.4 is 10.1 Å². The Kier molecular flexibility index (Phi) is 5.40. The van der Waals surface area contributed by atoms with E-state index in [1.807, 2.05) is 6.92 Å². The van der Waals surface area contributed by atoms with Gasteiger partial charge in [0.15, 0.2) is 11.5 Å². The molecule has 0 aliphatic heterocycles. The van der Waals surface area contributed by atoms with Crippen molar-refractivity contribution >= 4 is 0 Å². The van der Waals surface area contributed by atoms with Crippen LogP contribution in [0.15, 0.2) is 18.2 Å². The highest BCUT2D eigenvalue weighted by Gasteiger charge is 2.22. The maximum atomic E-state index is 9.97. The number of hydrogen-bond acceptors (Lipinski definition) is 5. The first kappa shape index (κ1) is 14.8. The number of aliphatic hydroxyl groups is 2. The molecule has 0 atom stereocenters. The molecule has 1 rings (SSSR count).